The Morgan fingerprint density at radius 1 is 1.42 bits per heavy atom. The summed E-state index contributed by atoms with van der Waals surface area (Å²) < 4.78 is 6.90. The maximum Gasteiger partial charge on any atom is 1.00 e. The summed E-state index contributed by atoms with van der Waals surface area (Å²) in [6, 6.07) is 1.12. The van der Waals surface area contributed by atoms with Crippen molar-refractivity contribution in [2.24, 2.45) is 0 Å². The number of ether oxygens (including phenoxy) is 1. The Bertz CT molecular complexity index is 612. The Morgan fingerprint density at radius 3 is 2.84 bits per heavy atom. The Labute approximate surface area is 130 Å². The van der Waals surface area contributed by atoms with E-state index in [1.54, 1.807) is 4.90 Å². The number of amides is 2. The fourth-order valence-corrected chi connectivity index (χ4v) is 2.30. The van der Waals surface area contributed by atoms with Gasteiger partial charge in [-0.1, -0.05) is 0 Å². The van der Waals surface area contributed by atoms with Crippen LogP contribution in [-0.2, 0) is 11.3 Å². The monoisotopic (exact) mass is 271 g/mol. The number of aromatic nitrogens is 1. The summed E-state index contributed by atoms with van der Waals surface area (Å²) in [7, 11) is 0. The maximum absolute atomic E-state index is 12.1. The average Bonchev–Trinajstić information content (AvgIpc) is 2.78. The van der Waals surface area contributed by atoms with E-state index < -0.39 is 11.3 Å². The molecule has 0 radical (unpaired) electrons. The Hall–Kier alpha value is -1.15. The Kier molecular flexibility index (Phi) is 3.82. The molecule has 2 amide bonds. The molecule has 0 bridgehead atoms. The van der Waals surface area contributed by atoms with Gasteiger partial charge in [0, 0.05) is 18.8 Å². The van der Waals surface area contributed by atoms with Crippen molar-refractivity contribution < 1.29 is 43.9 Å². The largest absolute Gasteiger partial charge is 1.00 e. The van der Waals surface area contributed by atoms with E-state index in [2.05, 4.69) is 0 Å². The molecular weight excluding hydrogens is 261 g/mol. The molecule has 0 saturated carbocycles. The second-order valence-electron chi connectivity index (χ2n) is 4.24. The van der Waals surface area contributed by atoms with Crippen LogP contribution in [0.4, 0.5) is 0 Å². The van der Waals surface area contributed by atoms with E-state index in [0.717, 1.165) is 6.07 Å². The SMILES string of the molecule is [NH-]C(=O)c1cn2c(cc1=O)C(=O)N1CCOC1C2.[Na+]. The van der Waals surface area contributed by atoms with Crippen LogP contribution in [0.1, 0.15) is 20.8 Å². The van der Waals surface area contributed by atoms with Gasteiger partial charge in [0.05, 0.1) is 24.6 Å². The Morgan fingerprint density at radius 2 is 2.16 bits per heavy atom. The molecule has 7 nitrogen and oxygen atoms in total. The first-order valence-corrected chi connectivity index (χ1v) is 5.51. The van der Waals surface area contributed by atoms with Crippen molar-refractivity contribution in [3.8, 4) is 0 Å². The van der Waals surface area contributed by atoms with Gasteiger partial charge in [-0.3, -0.25) is 9.59 Å². The van der Waals surface area contributed by atoms with E-state index in [-0.39, 0.29) is 52.9 Å². The van der Waals surface area contributed by atoms with Crippen molar-refractivity contribution >= 4 is 11.8 Å². The van der Waals surface area contributed by atoms with Crippen molar-refractivity contribution in [2.75, 3.05) is 13.2 Å². The van der Waals surface area contributed by atoms with Crippen LogP contribution in [0.5, 0.6) is 0 Å². The number of nitrogens with one attached hydrogen (secondary N) is 1. The zero-order chi connectivity index (χ0) is 12.9. The summed E-state index contributed by atoms with van der Waals surface area (Å²) >= 11 is 0. The van der Waals surface area contributed by atoms with Crippen LogP contribution in [0.25, 0.3) is 5.73 Å². The number of rotatable bonds is 1. The van der Waals surface area contributed by atoms with Gasteiger partial charge in [-0.15, -0.1) is 0 Å². The summed E-state index contributed by atoms with van der Waals surface area (Å²) in [5.74, 6) is -1.32. The fraction of sp³-hybridized carbons (Fsp3) is 0.364. The molecule has 1 unspecified atom stereocenters. The van der Waals surface area contributed by atoms with Gasteiger partial charge in [0.2, 0.25) is 0 Å². The van der Waals surface area contributed by atoms with E-state index in [4.69, 9.17) is 10.5 Å². The van der Waals surface area contributed by atoms with E-state index in [0.29, 0.717) is 19.7 Å². The third-order valence-corrected chi connectivity index (χ3v) is 3.20. The molecule has 2 aliphatic heterocycles. The smallest absolute Gasteiger partial charge is 0.663 e. The molecule has 1 aromatic rings. The van der Waals surface area contributed by atoms with Crippen LogP contribution in [0.3, 0.4) is 0 Å². The number of pyridine rings is 1. The van der Waals surface area contributed by atoms with Gasteiger partial charge in [-0.25, -0.2) is 0 Å². The third-order valence-electron chi connectivity index (χ3n) is 3.20. The molecule has 2 aliphatic rings. The van der Waals surface area contributed by atoms with Crippen molar-refractivity contribution in [3.05, 3.63) is 39.5 Å². The predicted molar refractivity (Wildman–Crippen MR) is 60.1 cm³/mol. The molecular formula is C11H10N3NaO4. The van der Waals surface area contributed by atoms with Crippen LogP contribution in [-0.4, -0.2) is 40.7 Å². The molecule has 94 valence electrons. The number of fused-ring (bicyclic) bond motifs is 2. The van der Waals surface area contributed by atoms with Gasteiger partial charge < -0.3 is 24.7 Å². The first-order chi connectivity index (χ1) is 8.58. The summed E-state index contributed by atoms with van der Waals surface area (Å²) in [6.07, 6.45) is 0.922. The van der Waals surface area contributed by atoms with Gasteiger partial charge in [0.1, 0.15) is 5.69 Å². The maximum atomic E-state index is 12.1. The minimum Gasteiger partial charge on any atom is -0.663 e. The van der Waals surface area contributed by atoms with E-state index in [9.17, 15) is 14.4 Å². The molecule has 1 aromatic heterocycles. The number of carbonyl (C=O) groups excluding carboxylic acids is 2. The number of nitrogens with zero attached hydrogens (tertiary/aromatic N) is 2. The number of carbonyl (C=O) groups is 2. The molecule has 1 fully saturated rings. The zero-order valence-corrected chi connectivity index (χ0v) is 12.4. The summed E-state index contributed by atoms with van der Waals surface area (Å²) in [4.78, 5) is 36.3. The van der Waals surface area contributed by atoms with E-state index in [1.165, 1.54) is 10.8 Å². The molecule has 1 atom stereocenters. The van der Waals surface area contributed by atoms with Crippen molar-refractivity contribution in [3.63, 3.8) is 0 Å². The van der Waals surface area contributed by atoms with Crippen molar-refractivity contribution in [1.29, 1.82) is 0 Å². The van der Waals surface area contributed by atoms with Crippen LogP contribution in [0.15, 0.2) is 17.1 Å². The van der Waals surface area contributed by atoms with Gasteiger partial charge in [0.25, 0.3) is 5.91 Å². The number of hydrogen-bond donors (Lipinski definition) is 0. The minimum absolute atomic E-state index is 0. The van der Waals surface area contributed by atoms with Crippen molar-refractivity contribution in [2.45, 2.75) is 12.8 Å². The van der Waals surface area contributed by atoms with Crippen LogP contribution >= 0.6 is 0 Å². The van der Waals surface area contributed by atoms with E-state index >= 15 is 0 Å². The van der Waals surface area contributed by atoms with Crippen LogP contribution in [0, 0.1) is 0 Å². The molecule has 1 N–H and O–H groups in total. The molecule has 0 aliphatic carbocycles. The average molecular weight is 271 g/mol. The second-order valence-corrected chi connectivity index (χ2v) is 4.24. The van der Waals surface area contributed by atoms with Gasteiger partial charge >= 0.3 is 29.6 Å². The third kappa shape index (κ3) is 2.23. The first-order valence-electron chi connectivity index (χ1n) is 5.51. The first kappa shape index (κ1) is 14.3. The van der Waals surface area contributed by atoms with E-state index in [1.807, 2.05) is 0 Å². The minimum atomic E-state index is -1.04. The van der Waals surface area contributed by atoms with Crippen LogP contribution in [0.2, 0.25) is 0 Å². The standard InChI is InChI=1S/C11H11N3O4.Na/c12-10(16)6-4-13-5-9-14(1-2-18-9)11(17)7(13)3-8(6)15;/h3-4,9H,1-2,5H2,(H2,12,16);/q;+1/p-1. The quantitative estimate of drug-likeness (QED) is 0.504. The molecule has 1 saturated heterocycles. The zero-order valence-electron chi connectivity index (χ0n) is 10.4. The van der Waals surface area contributed by atoms with Crippen LogP contribution < -0.4 is 35.0 Å². The fourth-order valence-electron chi connectivity index (χ4n) is 2.30. The number of hydrogen-bond acceptors (Lipinski definition) is 4. The molecule has 19 heavy (non-hydrogen) atoms. The molecule has 3 rings (SSSR count). The molecule has 0 spiro atoms. The topological polar surface area (TPSA) is 92.4 Å². The van der Waals surface area contributed by atoms with Gasteiger partial charge in [-0.2, -0.15) is 0 Å². The summed E-state index contributed by atoms with van der Waals surface area (Å²) in [6.45, 7) is 1.36. The van der Waals surface area contributed by atoms with Gasteiger partial charge in [-0.05, 0) is 0 Å². The second kappa shape index (κ2) is 5.09. The van der Waals surface area contributed by atoms with Gasteiger partial charge in [0.15, 0.2) is 11.7 Å². The molecule has 3 heterocycles. The summed E-state index contributed by atoms with van der Waals surface area (Å²) in [5, 5.41) is 0. The van der Waals surface area contributed by atoms with Crippen molar-refractivity contribution in [1.82, 2.24) is 9.47 Å². The molecule has 0 aromatic carbocycles. The predicted octanol–water partition coefficient (Wildman–Crippen LogP) is -3.14. The molecule has 8 heteroatoms. The summed E-state index contributed by atoms with van der Waals surface area (Å²) in [5.41, 5.74) is 6.42. The normalized spacial score (nSPS) is 20.5. The Balaban J connectivity index is 0.00000133.